The third-order valence-electron chi connectivity index (χ3n) is 3.18. The third-order valence-corrected chi connectivity index (χ3v) is 5.01. The van der Waals surface area contributed by atoms with Crippen molar-refractivity contribution in [2.24, 2.45) is 0 Å². The van der Waals surface area contributed by atoms with Crippen LogP contribution in [0.25, 0.3) is 0 Å². The first kappa shape index (κ1) is 19.4. The minimum atomic E-state index is -3.61. The van der Waals surface area contributed by atoms with Crippen LogP contribution in [0.2, 0.25) is 0 Å². The number of ether oxygens (including phenoxy) is 1. The predicted octanol–water partition coefficient (Wildman–Crippen LogP) is 2.91. The lowest BCUT2D eigenvalue weighted by Gasteiger charge is -2.12. The summed E-state index contributed by atoms with van der Waals surface area (Å²) >= 11 is 3.30. The Kier molecular flexibility index (Phi) is 6.98. The van der Waals surface area contributed by atoms with Crippen LogP contribution in [0.1, 0.15) is 12.5 Å². The monoisotopic (exact) mass is 426 g/mol. The van der Waals surface area contributed by atoms with E-state index < -0.39 is 15.9 Å². The number of sulfonamides is 1. The molecule has 2 rings (SSSR count). The molecule has 134 valence electrons. The van der Waals surface area contributed by atoms with Crippen molar-refractivity contribution < 1.29 is 17.9 Å². The maximum absolute atomic E-state index is 12.1. The first-order chi connectivity index (χ1) is 11.9. The maximum atomic E-state index is 12.1. The Labute approximate surface area is 155 Å². The number of anilines is 1. The van der Waals surface area contributed by atoms with Gasteiger partial charge >= 0.3 is 0 Å². The zero-order valence-corrected chi connectivity index (χ0v) is 16.1. The summed E-state index contributed by atoms with van der Waals surface area (Å²) in [6.45, 7) is 1.96. The summed E-state index contributed by atoms with van der Waals surface area (Å²) in [7, 11) is -3.61. The molecule has 25 heavy (non-hydrogen) atoms. The first-order valence-corrected chi connectivity index (χ1v) is 10.1. The number of rotatable bonds is 8. The molecule has 2 aromatic rings. The molecule has 0 atom stereocenters. The van der Waals surface area contributed by atoms with Gasteiger partial charge in [0.15, 0.2) is 0 Å². The summed E-state index contributed by atoms with van der Waals surface area (Å²) in [4.78, 5) is 12.0. The molecule has 0 aliphatic rings. The second-order valence-corrected chi connectivity index (χ2v) is 7.91. The van der Waals surface area contributed by atoms with Crippen LogP contribution in [-0.4, -0.2) is 27.5 Å². The van der Waals surface area contributed by atoms with Crippen molar-refractivity contribution in [2.75, 3.05) is 18.5 Å². The number of nitrogens with one attached hydrogen (secondary N) is 2. The van der Waals surface area contributed by atoms with Gasteiger partial charge in [0.05, 0.1) is 24.6 Å². The van der Waals surface area contributed by atoms with Crippen molar-refractivity contribution in [2.45, 2.75) is 12.7 Å². The SMILES string of the molecule is CCOc1ccccc1NC(=O)CNS(=O)(=O)Cc1ccc(Br)cc1. The second kappa shape index (κ2) is 8.98. The van der Waals surface area contributed by atoms with Gasteiger partial charge in [-0.3, -0.25) is 4.79 Å². The Hall–Kier alpha value is -1.90. The Morgan fingerprint density at radius 2 is 1.80 bits per heavy atom. The van der Waals surface area contributed by atoms with Gasteiger partial charge < -0.3 is 10.1 Å². The maximum Gasteiger partial charge on any atom is 0.239 e. The number of hydrogen-bond acceptors (Lipinski definition) is 4. The van der Waals surface area contributed by atoms with Crippen molar-refractivity contribution >= 4 is 37.5 Å². The topological polar surface area (TPSA) is 84.5 Å². The lowest BCUT2D eigenvalue weighted by atomic mass is 10.2. The molecule has 0 unspecified atom stereocenters. The fourth-order valence-corrected chi connectivity index (χ4v) is 3.42. The van der Waals surface area contributed by atoms with E-state index in [1.54, 1.807) is 48.5 Å². The molecular weight excluding hydrogens is 408 g/mol. The summed E-state index contributed by atoms with van der Waals surface area (Å²) in [6, 6.07) is 13.9. The largest absolute Gasteiger partial charge is 0.492 e. The van der Waals surface area contributed by atoms with Crippen LogP contribution in [0.4, 0.5) is 5.69 Å². The van der Waals surface area contributed by atoms with Crippen molar-refractivity contribution in [1.29, 1.82) is 0 Å². The van der Waals surface area contributed by atoms with Gasteiger partial charge in [-0.1, -0.05) is 40.2 Å². The van der Waals surface area contributed by atoms with Gasteiger partial charge in [-0.25, -0.2) is 13.1 Å². The molecular formula is C17H19BrN2O4S. The molecule has 6 nitrogen and oxygen atoms in total. The quantitative estimate of drug-likeness (QED) is 0.679. The highest BCUT2D eigenvalue weighted by Gasteiger charge is 2.14. The number of hydrogen-bond donors (Lipinski definition) is 2. The molecule has 0 aromatic heterocycles. The summed E-state index contributed by atoms with van der Waals surface area (Å²) < 4.78 is 32.8. The van der Waals surface area contributed by atoms with E-state index in [2.05, 4.69) is 26.0 Å². The van der Waals surface area contributed by atoms with Crippen LogP contribution in [0, 0.1) is 0 Å². The Morgan fingerprint density at radius 1 is 1.12 bits per heavy atom. The minimum Gasteiger partial charge on any atom is -0.492 e. The van der Waals surface area contributed by atoms with Gasteiger partial charge in [-0.05, 0) is 36.8 Å². The van der Waals surface area contributed by atoms with E-state index in [0.29, 0.717) is 23.6 Å². The first-order valence-electron chi connectivity index (χ1n) is 7.63. The van der Waals surface area contributed by atoms with Crippen molar-refractivity contribution in [1.82, 2.24) is 4.72 Å². The van der Waals surface area contributed by atoms with Crippen LogP contribution in [0.5, 0.6) is 5.75 Å². The average molecular weight is 427 g/mol. The summed E-state index contributed by atoms with van der Waals surface area (Å²) in [6.07, 6.45) is 0. The molecule has 2 N–H and O–H groups in total. The Balaban J connectivity index is 1.91. The van der Waals surface area contributed by atoms with E-state index in [9.17, 15) is 13.2 Å². The molecule has 8 heteroatoms. The standard InChI is InChI=1S/C17H19BrN2O4S/c1-2-24-16-6-4-3-5-15(16)20-17(21)11-19-25(22,23)12-13-7-9-14(18)10-8-13/h3-10,19H,2,11-12H2,1H3,(H,20,21). The van der Waals surface area contributed by atoms with E-state index >= 15 is 0 Å². The fraction of sp³-hybridized carbons (Fsp3) is 0.235. The van der Waals surface area contributed by atoms with Gasteiger partial charge in [0.2, 0.25) is 15.9 Å². The van der Waals surface area contributed by atoms with Crippen LogP contribution >= 0.6 is 15.9 Å². The fourth-order valence-electron chi connectivity index (χ4n) is 2.07. The van der Waals surface area contributed by atoms with E-state index in [0.717, 1.165) is 4.47 Å². The molecule has 0 bridgehead atoms. The second-order valence-electron chi connectivity index (χ2n) is 5.18. The van der Waals surface area contributed by atoms with Crippen LogP contribution in [-0.2, 0) is 20.6 Å². The highest BCUT2D eigenvalue weighted by molar-refractivity contribution is 9.10. The number of amides is 1. The normalized spacial score (nSPS) is 11.1. The Bertz CT molecular complexity index is 823. The third kappa shape index (κ3) is 6.49. The van der Waals surface area contributed by atoms with Gasteiger partial charge in [0.1, 0.15) is 5.75 Å². The molecule has 0 heterocycles. The minimum absolute atomic E-state index is 0.191. The average Bonchev–Trinajstić information content (AvgIpc) is 2.57. The van der Waals surface area contributed by atoms with E-state index in [-0.39, 0.29) is 12.3 Å². The number of benzene rings is 2. The number of halogens is 1. The molecule has 0 spiro atoms. The van der Waals surface area contributed by atoms with E-state index in [4.69, 9.17) is 4.74 Å². The molecule has 1 amide bonds. The smallest absolute Gasteiger partial charge is 0.239 e. The van der Waals surface area contributed by atoms with E-state index in [1.165, 1.54) is 0 Å². The number of carbonyl (C=O) groups excluding carboxylic acids is 1. The van der Waals surface area contributed by atoms with Crippen molar-refractivity contribution in [3.8, 4) is 5.75 Å². The van der Waals surface area contributed by atoms with Gasteiger partial charge in [-0.15, -0.1) is 0 Å². The Morgan fingerprint density at radius 3 is 2.48 bits per heavy atom. The zero-order chi connectivity index (χ0) is 18.3. The molecule has 0 aliphatic heterocycles. The number of carbonyl (C=O) groups is 1. The highest BCUT2D eigenvalue weighted by atomic mass is 79.9. The highest BCUT2D eigenvalue weighted by Crippen LogP contribution is 2.23. The van der Waals surface area contributed by atoms with Gasteiger partial charge in [0, 0.05) is 4.47 Å². The van der Waals surface area contributed by atoms with Crippen LogP contribution in [0.3, 0.4) is 0 Å². The zero-order valence-electron chi connectivity index (χ0n) is 13.7. The van der Waals surface area contributed by atoms with Gasteiger partial charge in [-0.2, -0.15) is 0 Å². The molecule has 0 fully saturated rings. The van der Waals surface area contributed by atoms with Crippen molar-refractivity contribution in [3.05, 3.63) is 58.6 Å². The van der Waals surface area contributed by atoms with Crippen molar-refractivity contribution in [3.63, 3.8) is 0 Å². The predicted molar refractivity (Wildman–Crippen MR) is 101 cm³/mol. The lowest BCUT2D eigenvalue weighted by molar-refractivity contribution is -0.115. The summed E-state index contributed by atoms with van der Waals surface area (Å²) in [5.41, 5.74) is 1.14. The van der Waals surface area contributed by atoms with E-state index in [1.807, 2.05) is 6.92 Å². The van der Waals surface area contributed by atoms with Gasteiger partial charge in [0.25, 0.3) is 0 Å². The molecule has 0 saturated carbocycles. The molecule has 0 aliphatic carbocycles. The van der Waals surface area contributed by atoms with Crippen LogP contribution < -0.4 is 14.8 Å². The summed E-state index contributed by atoms with van der Waals surface area (Å²) in [5.74, 6) is -0.120. The lowest BCUT2D eigenvalue weighted by Crippen LogP contribution is -2.33. The number of para-hydroxylation sites is 2. The summed E-state index contributed by atoms with van der Waals surface area (Å²) in [5, 5.41) is 2.64. The van der Waals surface area contributed by atoms with Crippen LogP contribution in [0.15, 0.2) is 53.0 Å². The molecule has 0 saturated heterocycles. The molecule has 0 radical (unpaired) electrons. The molecule has 2 aromatic carbocycles.